The summed E-state index contributed by atoms with van der Waals surface area (Å²) in [5, 5.41) is 3.49. The lowest BCUT2D eigenvalue weighted by molar-refractivity contribution is 0.00724. The number of hydrogen-bond donors (Lipinski definition) is 1. The number of methoxy groups -OCH3 is 1. The van der Waals surface area contributed by atoms with E-state index in [2.05, 4.69) is 12.2 Å². The minimum absolute atomic E-state index is 0.233. The maximum absolute atomic E-state index is 5.59. The second-order valence-electron chi connectivity index (χ2n) is 4.07. The Bertz CT molecular complexity index is 135. The van der Waals surface area contributed by atoms with Gasteiger partial charge in [-0.3, -0.25) is 0 Å². The van der Waals surface area contributed by atoms with E-state index in [1.54, 1.807) is 7.11 Å². The molecule has 1 saturated heterocycles. The highest BCUT2D eigenvalue weighted by atomic mass is 16.5. The summed E-state index contributed by atoms with van der Waals surface area (Å²) in [6, 6.07) is 0.747. The molecule has 1 rings (SSSR count). The molecule has 1 aliphatic rings. The monoisotopic (exact) mass is 201 g/mol. The lowest BCUT2D eigenvalue weighted by Crippen LogP contribution is -2.22. The van der Waals surface area contributed by atoms with E-state index in [-0.39, 0.29) is 6.10 Å². The van der Waals surface area contributed by atoms with Crippen molar-refractivity contribution in [3.8, 4) is 0 Å². The molecule has 1 fully saturated rings. The maximum atomic E-state index is 5.59. The molecular weight excluding hydrogens is 178 g/mol. The molecule has 0 aromatic heterocycles. The van der Waals surface area contributed by atoms with E-state index in [0.29, 0.717) is 6.61 Å². The summed E-state index contributed by atoms with van der Waals surface area (Å²) in [6.07, 6.45) is 5.32. The van der Waals surface area contributed by atoms with Gasteiger partial charge in [-0.1, -0.05) is 0 Å². The minimum atomic E-state index is 0.233. The minimum Gasteiger partial charge on any atom is -0.382 e. The van der Waals surface area contributed by atoms with Gasteiger partial charge in [-0.15, -0.1) is 0 Å². The highest BCUT2D eigenvalue weighted by Gasteiger charge is 2.13. The van der Waals surface area contributed by atoms with Crippen LogP contribution in [0.2, 0.25) is 0 Å². The van der Waals surface area contributed by atoms with Gasteiger partial charge < -0.3 is 14.8 Å². The Morgan fingerprint density at radius 1 is 1.50 bits per heavy atom. The molecular formula is C11H23NO2. The van der Waals surface area contributed by atoms with Gasteiger partial charge in [-0.2, -0.15) is 0 Å². The van der Waals surface area contributed by atoms with Gasteiger partial charge in [-0.25, -0.2) is 0 Å². The quantitative estimate of drug-likeness (QED) is 0.634. The molecule has 0 spiro atoms. The van der Waals surface area contributed by atoms with Crippen LogP contribution in [-0.4, -0.2) is 39.0 Å². The molecule has 0 radical (unpaired) electrons. The second kappa shape index (κ2) is 7.21. The third-order valence-electron chi connectivity index (χ3n) is 2.66. The van der Waals surface area contributed by atoms with Crippen LogP contribution in [0.15, 0.2) is 0 Å². The van der Waals surface area contributed by atoms with Crippen molar-refractivity contribution in [2.24, 2.45) is 0 Å². The van der Waals surface area contributed by atoms with Crippen LogP contribution in [0.1, 0.15) is 32.6 Å². The van der Waals surface area contributed by atoms with Crippen LogP contribution in [0.4, 0.5) is 0 Å². The van der Waals surface area contributed by atoms with E-state index in [1.165, 1.54) is 25.8 Å². The van der Waals surface area contributed by atoms with Crippen LogP contribution >= 0.6 is 0 Å². The Kier molecular flexibility index (Phi) is 6.15. The van der Waals surface area contributed by atoms with Crippen LogP contribution in [0, 0.1) is 0 Å². The van der Waals surface area contributed by atoms with Crippen LogP contribution in [0.3, 0.4) is 0 Å². The first-order chi connectivity index (χ1) is 6.83. The molecule has 0 aliphatic carbocycles. The molecule has 2 unspecified atom stereocenters. The molecule has 3 nitrogen and oxygen atoms in total. The van der Waals surface area contributed by atoms with E-state index in [4.69, 9.17) is 9.47 Å². The van der Waals surface area contributed by atoms with Gasteiger partial charge in [0.2, 0.25) is 0 Å². The average Bonchev–Trinajstić information content (AvgIpc) is 2.65. The zero-order valence-electron chi connectivity index (χ0n) is 9.42. The predicted octanol–water partition coefficient (Wildman–Crippen LogP) is 1.57. The van der Waals surface area contributed by atoms with E-state index in [1.807, 2.05) is 0 Å². The van der Waals surface area contributed by atoms with Crippen LogP contribution < -0.4 is 5.32 Å². The summed E-state index contributed by atoms with van der Waals surface area (Å²) in [6.45, 7) is 4.81. The number of hydrogen-bond acceptors (Lipinski definition) is 3. The van der Waals surface area contributed by atoms with E-state index < -0.39 is 0 Å². The highest BCUT2D eigenvalue weighted by Crippen LogP contribution is 2.10. The molecule has 1 N–H and O–H groups in total. The lowest BCUT2D eigenvalue weighted by Gasteiger charge is -2.13. The topological polar surface area (TPSA) is 30.5 Å². The zero-order valence-corrected chi connectivity index (χ0v) is 9.42. The molecule has 84 valence electrons. The van der Waals surface area contributed by atoms with Gasteiger partial charge in [0.1, 0.15) is 0 Å². The highest BCUT2D eigenvalue weighted by molar-refractivity contribution is 4.73. The summed E-state index contributed by atoms with van der Waals surface area (Å²) < 4.78 is 10.6. The SMILES string of the molecule is COCC(C)OCCCC1CCCN1. The van der Waals surface area contributed by atoms with Gasteiger partial charge in [0.15, 0.2) is 0 Å². The fourth-order valence-corrected chi connectivity index (χ4v) is 1.90. The van der Waals surface area contributed by atoms with Crippen molar-refractivity contribution in [1.29, 1.82) is 0 Å². The smallest absolute Gasteiger partial charge is 0.0780 e. The molecule has 3 heteroatoms. The molecule has 2 atom stereocenters. The Morgan fingerprint density at radius 2 is 2.36 bits per heavy atom. The van der Waals surface area contributed by atoms with Crippen LogP contribution in [-0.2, 0) is 9.47 Å². The Labute approximate surface area is 87.2 Å². The third-order valence-corrected chi connectivity index (χ3v) is 2.66. The van der Waals surface area contributed by atoms with E-state index in [0.717, 1.165) is 19.1 Å². The van der Waals surface area contributed by atoms with Gasteiger partial charge in [0, 0.05) is 19.8 Å². The average molecular weight is 201 g/mol. The molecule has 1 heterocycles. The van der Waals surface area contributed by atoms with Crippen molar-refractivity contribution in [2.45, 2.75) is 44.8 Å². The number of ether oxygens (including phenoxy) is 2. The van der Waals surface area contributed by atoms with E-state index in [9.17, 15) is 0 Å². The summed E-state index contributed by atoms with van der Waals surface area (Å²) in [5.41, 5.74) is 0. The molecule has 1 aliphatic heterocycles. The van der Waals surface area contributed by atoms with Crippen LogP contribution in [0.5, 0.6) is 0 Å². The molecule has 0 bridgehead atoms. The Morgan fingerprint density at radius 3 is 3.00 bits per heavy atom. The third kappa shape index (κ3) is 4.94. The molecule has 14 heavy (non-hydrogen) atoms. The van der Waals surface area contributed by atoms with Crippen molar-refractivity contribution in [2.75, 3.05) is 26.9 Å². The number of rotatable bonds is 7. The Balaban J connectivity index is 1.88. The van der Waals surface area contributed by atoms with Gasteiger partial charge in [0.05, 0.1) is 12.7 Å². The van der Waals surface area contributed by atoms with E-state index >= 15 is 0 Å². The standard InChI is InChI=1S/C11H23NO2/c1-10(9-13-2)14-8-4-6-11-5-3-7-12-11/h10-12H,3-9H2,1-2H3. The lowest BCUT2D eigenvalue weighted by atomic mass is 10.1. The van der Waals surface area contributed by atoms with Crippen molar-refractivity contribution in [3.05, 3.63) is 0 Å². The second-order valence-corrected chi connectivity index (χ2v) is 4.07. The van der Waals surface area contributed by atoms with Crippen molar-refractivity contribution < 1.29 is 9.47 Å². The molecule has 0 amide bonds. The molecule has 0 aromatic carbocycles. The van der Waals surface area contributed by atoms with Crippen molar-refractivity contribution >= 4 is 0 Å². The zero-order chi connectivity index (χ0) is 10.2. The molecule has 0 saturated carbocycles. The summed E-state index contributed by atoms with van der Waals surface area (Å²) >= 11 is 0. The first-order valence-corrected chi connectivity index (χ1v) is 5.67. The normalized spacial score (nSPS) is 24.0. The first-order valence-electron chi connectivity index (χ1n) is 5.67. The van der Waals surface area contributed by atoms with Gasteiger partial charge >= 0.3 is 0 Å². The van der Waals surface area contributed by atoms with Gasteiger partial charge in [0.25, 0.3) is 0 Å². The summed E-state index contributed by atoms with van der Waals surface area (Å²) in [7, 11) is 1.71. The largest absolute Gasteiger partial charge is 0.382 e. The summed E-state index contributed by atoms with van der Waals surface area (Å²) in [5.74, 6) is 0. The Hall–Kier alpha value is -0.120. The van der Waals surface area contributed by atoms with Crippen molar-refractivity contribution in [1.82, 2.24) is 5.32 Å². The predicted molar refractivity (Wildman–Crippen MR) is 57.5 cm³/mol. The fourth-order valence-electron chi connectivity index (χ4n) is 1.90. The first kappa shape index (κ1) is 12.0. The fraction of sp³-hybridized carbons (Fsp3) is 1.00. The van der Waals surface area contributed by atoms with Crippen molar-refractivity contribution in [3.63, 3.8) is 0 Å². The maximum Gasteiger partial charge on any atom is 0.0780 e. The summed E-state index contributed by atoms with van der Waals surface area (Å²) in [4.78, 5) is 0. The number of nitrogens with one attached hydrogen (secondary N) is 1. The molecule has 0 aromatic rings. The van der Waals surface area contributed by atoms with Gasteiger partial charge in [-0.05, 0) is 39.2 Å². The van der Waals surface area contributed by atoms with Crippen LogP contribution in [0.25, 0.3) is 0 Å².